The molecule has 0 aliphatic carbocycles. The Hall–Kier alpha value is -3.47. The van der Waals surface area contributed by atoms with Crippen LogP contribution in [0.15, 0.2) is 60.7 Å². The van der Waals surface area contributed by atoms with Gasteiger partial charge in [-0.25, -0.2) is 4.79 Å². The van der Waals surface area contributed by atoms with Crippen LogP contribution < -0.4 is 9.47 Å². The van der Waals surface area contributed by atoms with E-state index in [0.717, 1.165) is 11.1 Å². The van der Waals surface area contributed by atoms with E-state index in [1.165, 1.54) is 6.07 Å². The molecule has 0 unspecified atom stereocenters. The molecule has 0 saturated heterocycles. The summed E-state index contributed by atoms with van der Waals surface area (Å²) in [5, 5.41) is 19.7. The highest BCUT2D eigenvalue weighted by Gasteiger charge is 2.16. The van der Waals surface area contributed by atoms with Crippen molar-refractivity contribution in [2.45, 2.75) is 27.1 Å². The van der Waals surface area contributed by atoms with Gasteiger partial charge in [0.15, 0.2) is 0 Å². The Balaban J connectivity index is 1.79. The third-order valence-corrected chi connectivity index (χ3v) is 4.32. The average molecular weight is 378 g/mol. The topological polar surface area (TPSA) is 76.0 Å². The van der Waals surface area contributed by atoms with E-state index < -0.39 is 5.97 Å². The highest BCUT2D eigenvalue weighted by atomic mass is 16.5. The Bertz CT molecular complexity index is 960. The van der Waals surface area contributed by atoms with E-state index in [1.807, 2.05) is 62.4 Å². The van der Waals surface area contributed by atoms with Gasteiger partial charge < -0.3 is 19.7 Å². The number of ether oxygens (including phenoxy) is 2. The van der Waals surface area contributed by atoms with Crippen LogP contribution in [0.5, 0.6) is 17.2 Å². The smallest absolute Gasteiger partial charge is 0.339 e. The molecule has 0 aliphatic heterocycles. The number of rotatable bonds is 7. The van der Waals surface area contributed by atoms with Crippen LogP contribution in [0, 0.1) is 13.8 Å². The van der Waals surface area contributed by atoms with Gasteiger partial charge in [0.25, 0.3) is 0 Å². The van der Waals surface area contributed by atoms with Crippen LogP contribution in [-0.4, -0.2) is 16.2 Å². The quantitative estimate of drug-likeness (QED) is 0.614. The fourth-order valence-corrected chi connectivity index (χ4v) is 2.71. The summed E-state index contributed by atoms with van der Waals surface area (Å²) in [4.78, 5) is 11.5. The van der Waals surface area contributed by atoms with E-state index in [9.17, 15) is 15.0 Å². The molecule has 3 rings (SSSR count). The van der Waals surface area contributed by atoms with Crippen molar-refractivity contribution in [1.82, 2.24) is 0 Å². The summed E-state index contributed by atoms with van der Waals surface area (Å²) < 4.78 is 11.4. The Morgan fingerprint density at radius 2 is 1.32 bits per heavy atom. The zero-order valence-corrected chi connectivity index (χ0v) is 15.8. The predicted octanol–water partition coefficient (Wildman–Crippen LogP) is 4.87. The van der Waals surface area contributed by atoms with Crippen LogP contribution in [0.1, 0.15) is 32.6 Å². The summed E-state index contributed by atoms with van der Waals surface area (Å²) in [6.45, 7) is 4.20. The maximum Gasteiger partial charge on any atom is 0.339 e. The van der Waals surface area contributed by atoms with Crippen LogP contribution in [0.25, 0.3) is 0 Å². The molecule has 5 heteroatoms. The molecule has 5 nitrogen and oxygen atoms in total. The number of carbonyl (C=O) groups is 1. The number of phenols is 1. The minimum absolute atomic E-state index is 0.0492. The minimum atomic E-state index is -1.20. The fourth-order valence-electron chi connectivity index (χ4n) is 2.71. The number of benzene rings is 3. The van der Waals surface area contributed by atoms with Gasteiger partial charge in [0.2, 0.25) is 0 Å². The molecule has 0 bridgehead atoms. The van der Waals surface area contributed by atoms with Crippen molar-refractivity contribution < 1.29 is 24.5 Å². The van der Waals surface area contributed by atoms with Crippen LogP contribution in [0.2, 0.25) is 0 Å². The molecule has 0 spiro atoms. The highest BCUT2D eigenvalue weighted by Crippen LogP contribution is 2.27. The molecule has 0 heterocycles. The van der Waals surface area contributed by atoms with E-state index in [4.69, 9.17) is 9.47 Å². The summed E-state index contributed by atoms with van der Waals surface area (Å²) in [5.74, 6) is -0.166. The SMILES string of the molecule is Cc1ccc(OCc2cc(COc3ccc(C)cc3)c(O)c(C(=O)O)c2)cc1. The van der Waals surface area contributed by atoms with Crippen molar-refractivity contribution in [2.24, 2.45) is 0 Å². The number of aromatic hydroxyl groups is 1. The molecule has 2 N–H and O–H groups in total. The highest BCUT2D eigenvalue weighted by molar-refractivity contribution is 5.91. The van der Waals surface area contributed by atoms with Gasteiger partial charge in [-0.1, -0.05) is 35.4 Å². The molecule has 0 fully saturated rings. The minimum Gasteiger partial charge on any atom is -0.507 e. The molecule has 144 valence electrons. The van der Waals surface area contributed by atoms with Crippen LogP contribution in [0.4, 0.5) is 0 Å². The molecule has 0 atom stereocenters. The summed E-state index contributed by atoms with van der Waals surface area (Å²) in [6, 6.07) is 18.2. The van der Waals surface area contributed by atoms with Crippen molar-refractivity contribution in [3.8, 4) is 17.2 Å². The third-order valence-electron chi connectivity index (χ3n) is 4.32. The molecule has 28 heavy (non-hydrogen) atoms. The van der Waals surface area contributed by atoms with Crippen LogP contribution in [0.3, 0.4) is 0 Å². The lowest BCUT2D eigenvalue weighted by Crippen LogP contribution is -2.06. The van der Waals surface area contributed by atoms with E-state index in [0.29, 0.717) is 22.6 Å². The normalized spacial score (nSPS) is 10.5. The second-order valence-corrected chi connectivity index (χ2v) is 6.66. The Kier molecular flexibility index (Phi) is 5.84. The molecule has 3 aromatic rings. The van der Waals surface area contributed by atoms with Gasteiger partial charge in [0.05, 0.1) is 0 Å². The first-order valence-corrected chi connectivity index (χ1v) is 8.89. The van der Waals surface area contributed by atoms with Crippen molar-refractivity contribution >= 4 is 5.97 Å². The number of carboxylic acids is 1. The molecular weight excluding hydrogens is 356 g/mol. The van der Waals surface area contributed by atoms with Crippen molar-refractivity contribution in [1.29, 1.82) is 0 Å². The number of hydrogen-bond donors (Lipinski definition) is 2. The maximum absolute atomic E-state index is 11.5. The van der Waals surface area contributed by atoms with Gasteiger partial charge in [0, 0.05) is 5.56 Å². The molecule has 0 saturated carbocycles. The van der Waals surface area contributed by atoms with E-state index in [1.54, 1.807) is 6.07 Å². The summed E-state index contributed by atoms with van der Waals surface area (Å²) in [7, 11) is 0. The molecular formula is C23H22O5. The monoisotopic (exact) mass is 378 g/mol. The second-order valence-electron chi connectivity index (χ2n) is 6.66. The van der Waals surface area contributed by atoms with E-state index in [-0.39, 0.29) is 24.5 Å². The van der Waals surface area contributed by atoms with Crippen molar-refractivity contribution in [3.05, 3.63) is 88.5 Å². The Morgan fingerprint density at radius 1 is 0.821 bits per heavy atom. The first kappa shape index (κ1) is 19.3. The lowest BCUT2D eigenvalue weighted by Gasteiger charge is -2.13. The van der Waals surface area contributed by atoms with E-state index in [2.05, 4.69) is 0 Å². The average Bonchev–Trinajstić information content (AvgIpc) is 2.68. The van der Waals surface area contributed by atoms with Crippen molar-refractivity contribution in [2.75, 3.05) is 0 Å². The van der Waals surface area contributed by atoms with Crippen LogP contribution in [-0.2, 0) is 13.2 Å². The van der Waals surface area contributed by atoms with Gasteiger partial charge in [0.1, 0.15) is 36.0 Å². The lowest BCUT2D eigenvalue weighted by molar-refractivity contribution is 0.0693. The zero-order valence-electron chi connectivity index (χ0n) is 15.8. The van der Waals surface area contributed by atoms with Crippen molar-refractivity contribution in [3.63, 3.8) is 0 Å². The molecule has 3 aromatic carbocycles. The summed E-state index contributed by atoms with van der Waals surface area (Å²) in [5.41, 5.74) is 3.09. The number of carboxylic acid groups (broad SMARTS) is 1. The first-order valence-electron chi connectivity index (χ1n) is 8.89. The Morgan fingerprint density at radius 3 is 1.82 bits per heavy atom. The van der Waals surface area contributed by atoms with Gasteiger partial charge >= 0.3 is 5.97 Å². The zero-order chi connectivity index (χ0) is 20.1. The number of hydrogen-bond acceptors (Lipinski definition) is 4. The number of aromatic carboxylic acids is 1. The lowest BCUT2D eigenvalue weighted by atomic mass is 10.0. The Labute approximate surface area is 163 Å². The van der Waals surface area contributed by atoms with Gasteiger partial charge in [-0.2, -0.15) is 0 Å². The second kappa shape index (κ2) is 8.48. The van der Waals surface area contributed by atoms with Gasteiger partial charge in [-0.15, -0.1) is 0 Å². The fraction of sp³-hybridized carbons (Fsp3) is 0.174. The molecule has 0 aliphatic rings. The van der Waals surface area contributed by atoms with Crippen LogP contribution >= 0.6 is 0 Å². The first-order chi connectivity index (χ1) is 13.4. The summed E-state index contributed by atoms with van der Waals surface area (Å²) >= 11 is 0. The van der Waals surface area contributed by atoms with Gasteiger partial charge in [-0.05, 0) is 55.8 Å². The maximum atomic E-state index is 11.5. The van der Waals surface area contributed by atoms with Gasteiger partial charge in [-0.3, -0.25) is 0 Å². The largest absolute Gasteiger partial charge is 0.507 e. The molecule has 0 amide bonds. The standard InChI is InChI=1S/C23H22O5/c1-15-3-7-19(8-4-15)27-13-17-11-18(22(24)21(12-17)23(25)26)14-28-20-9-5-16(2)6-10-20/h3-12,24H,13-14H2,1-2H3,(H,25,26). The molecule has 0 aromatic heterocycles. The predicted molar refractivity (Wildman–Crippen MR) is 106 cm³/mol. The van der Waals surface area contributed by atoms with E-state index >= 15 is 0 Å². The third kappa shape index (κ3) is 4.82. The summed E-state index contributed by atoms with van der Waals surface area (Å²) in [6.07, 6.45) is 0. The number of aryl methyl sites for hydroxylation is 2. The molecule has 0 radical (unpaired) electrons.